The Bertz CT molecular complexity index is 2150. The Kier molecular flexibility index (Phi) is 8.63. The van der Waals surface area contributed by atoms with Gasteiger partial charge in [0, 0.05) is 17.1 Å². The van der Waals surface area contributed by atoms with Crippen LogP contribution in [-0.4, -0.2) is 32.7 Å². The van der Waals surface area contributed by atoms with Gasteiger partial charge in [0.15, 0.2) is 0 Å². The highest BCUT2D eigenvalue weighted by molar-refractivity contribution is 8.26. The third kappa shape index (κ3) is 6.38. The van der Waals surface area contributed by atoms with Gasteiger partial charge in [0.1, 0.15) is 10.9 Å². The molecule has 1 aliphatic heterocycles. The molecule has 5 nitrogen and oxygen atoms in total. The Labute approximate surface area is 289 Å². The summed E-state index contributed by atoms with van der Waals surface area (Å²) in [5.41, 5.74) is 12.1. The normalized spacial score (nSPS) is 15.4. The summed E-state index contributed by atoms with van der Waals surface area (Å²) in [6.07, 6.45) is 8.42. The fraction of sp³-hybridized carbons (Fsp3) is 0.0488. The third-order valence-corrected chi connectivity index (χ3v) is 9.66. The van der Waals surface area contributed by atoms with Crippen LogP contribution in [0.4, 0.5) is 17.1 Å². The Morgan fingerprint density at radius 3 is 2.02 bits per heavy atom. The van der Waals surface area contributed by atoms with Crippen molar-refractivity contribution in [2.45, 2.75) is 6.92 Å². The van der Waals surface area contributed by atoms with Crippen molar-refractivity contribution in [1.29, 1.82) is 0 Å². The predicted molar refractivity (Wildman–Crippen MR) is 202 cm³/mol. The average molecular weight is 663 g/mol. The molecule has 1 N–H and O–H groups in total. The van der Waals surface area contributed by atoms with Gasteiger partial charge in [0.05, 0.1) is 4.91 Å². The van der Waals surface area contributed by atoms with Gasteiger partial charge in [0.2, 0.25) is 0 Å². The van der Waals surface area contributed by atoms with E-state index in [0.717, 1.165) is 44.9 Å². The van der Waals surface area contributed by atoms with E-state index < -0.39 is 12.5 Å². The van der Waals surface area contributed by atoms with Gasteiger partial charge >= 0.3 is 5.97 Å². The number of hydrogen-bond acceptors (Lipinski definition) is 5. The first-order valence-electron chi connectivity index (χ1n) is 15.5. The fourth-order valence-electron chi connectivity index (χ4n) is 5.99. The maximum Gasteiger partial charge on any atom is 0.323 e. The molecule has 0 saturated carbocycles. The van der Waals surface area contributed by atoms with Crippen LogP contribution >= 0.6 is 24.0 Å². The fourth-order valence-corrected chi connectivity index (χ4v) is 7.24. The number of carboxylic acids is 1. The van der Waals surface area contributed by atoms with E-state index in [0.29, 0.717) is 4.91 Å². The van der Waals surface area contributed by atoms with Crippen LogP contribution in [0.3, 0.4) is 0 Å². The van der Waals surface area contributed by atoms with E-state index in [1.165, 1.54) is 33.4 Å². The molecule has 0 radical (unpaired) electrons. The van der Waals surface area contributed by atoms with E-state index in [4.69, 9.17) is 17.3 Å². The third-order valence-electron chi connectivity index (χ3n) is 8.28. The Balaban J connectivity index is 1.21. The molecule has 0 bridgehead atoms. The highest BCUT2D eigenvalue weighted by Gasteiger charge is 2.33. The first-order valence-corrected chi connectivity index (χ1v) is 16.7. The van der Waals surface area contributed by atoms with Crippen LogP contribution in [0.1, 0.15) is 38.9 Å². The van der Waals surface area contributed by atoms with Gasteiger partial charge in [-0.15, -0.1) is 0 Å². The molecule has 5 aromatic rings. The molecule has 7 rings (SSSR count). The molecule has 1 aliphatic carbocycles. The highest BCUT2D eigenvalue weighted by Crippen LogP contribution is 2.38. The molecule has 1 amide bonds. The van der Waals surface area contributed by atoms with Gasteiger partial charge in [-0.1, -0.05) is 127 Å². The molecule has 234 valence electrons. The number of nitrogens with zero attached hydrogens (tertiary/aromatic N) is 2. The van der Waals surface area contributed by atoms with Gasteiger partial charge in [-0.3, -0.25) is 14.5 Å². The molecule has 5 aromatic carbocycles. The van der Waals surface area contributed by atoms with Gasteiger partial charge in [-0.2, -0.15) is 0 Å². The topological polar surface area (TPSA) is 60.9 Å². The number of hydrogen-bond donors (Lipinski definition) is 1. The van der Waals surface area contributed by atoms with Crippen LogP contribution in [0.5, 0.6) is 0 Å². The van der Waals surface area contributed by atoms with Gasteiger partial charge < -0.3 is 10.0 Å². The molecule has 0 spiro atoms. The van der Waals surface area contributed by atoms with Crippen LogP contribution in [0.15, 0.2) is 126 Å². The lowest BCUT2D eigenvalue weighted by molar-refractivity contribution is -0.140. The van der Waals surface area contributed by atoms with E-state index in [2.05, 4.69) is 109 Å². The summed E-state index contributed by atoms with van der Waals surface area (Å²) in [5, 5.41) is 9.14. The number of thiocarbonyl (C=S) groups is 1. The molecule has 48 heavy (non-hydrogen) atoms. The predicted octanol–water partition coefficient (Wildman–Crippen LogP) is 9.82. The minimum atomic E-state index is -1.10. The van der Waals surface area contributed by atoms with E-state index in [1.807, 2.05) is 42.5 Å². The Morgan fingerprint density at radius 2 is 1.33 bits per heavy atom. The van der Waals surface area contributed by atoms with Crippen molar-refractivity contribution in [3.8, 4) is 0 Å². The lowest BCUT2D eigenvalue weighted by Crippen LogP contribution is -2.33. The summed E-state index contributed by atoms with van der Waals surface area (Å²) in [4.78, 5) is 27.7. The van der Waals surface area contributed by atoms with Crippen LogP contribution in [-0.2, 0) is 9.59 Å². The van der Waals surface area contributed by atoms with Gasteiger partial charge in [0.25, 0.3) is 5.91 Å². The molecule has 1 fully saturated rings. The summed E-state index contributed by atoms with van der Waals surface area (Å²) >= 11 is 6.36. The van der Waals surface area contributed by atoms with E-state index in [9.17, 15) is 9.59 Å². The summed E-state index contributed by atoms with van der Waals surface area (Å²) in [5.74, 6) is -1.49. The number of carbonyl (C=O) groups is 2. The smallest absolute Gasteiger partial charge is 0.323 e. The number of aliphatic carboxylic acids is 1. The van der Waals surface area contributed by atoms with Crippen molar-refractivity contribution in [3.05, 3.63) is 165 Å². The van der Waals surface area contributed by atoms with Crippen LogP contribution in [0.25, 0.3) is 29.9 Å². The second-order valence-corrected chi connectivity index (χ2v) is 13.3. The number of aryl methyl sites for hydroxylation is 1. The maximum atomic E-state index is 12.8. The number of amides is 1. The van der Waals surface area contributed by atoms with Crippen molar-refractivity contribution in [1.82, 2.24) is 4.90 Å². The monoisotopic (exact) mass is 662 g/mol. The lowest BCUT2D eigenvalue weighted by Gasteiger charge is -2.25. The van der Waals surface area contributed by atoms with Crippen molar-refractivity contribution in [2.24, 2.45) is 0 Å². The maximum absolute atomic E-state index is 12.8. The first-order chi connectivity index (χ1) is 23.3. The number of para-hydroxylation sites is 1. The molecule has 1 heterocycles. The van der Waals surface area contributed by atoms with Gasteiger partial charge in [-0.05, 0) is 94.4 Å². The van der Waals surface area contributed by atoms with Crippen LogP contribution in [0, 0.1) is 6.92 Å². The number of rotatable bonds is 7. The number of benzene rings is 5. The number of carboxylic acid groups (broad SMARTS) is 1. The minimum Gasteiger partial charge on any atom is -0.480 e. The van der Waals surface area contributed by atoms with Crippen molar-refractivity contribution in [2.75, 3.05) is 11.4 Å². The van der Waals surface area contributed by atoms with E-state index >= 15 is 0 Å². The van der Waals surface area contributed by atoms with E-state index in [1.54, 1.807) is 6.08 Å². The summed E-state index contributed by atoms with van der Waals surface area (Å²) in [6.45, 7) is 1.68. The SMILES string of the molecule is Cc1ccc2c(c1)C=Cc1ccccc1C2=Cc1ccc(N(c2ccccc2)c2ccc(C=C3SC(=S)N(CC(=O)O)C3=O)cc2)cc1. The molecule has 2 aliphatic rings. The zero-order valence-corrected chi connectivity index (χ0v) is 27.7. The molecular weight excluding hydrogens is 633 g/mol. The van der Waals surface area contributed by atoms with Crippen LogP contribution in [0.2, 0.25) is 0 Å². The molecular formula is C41H30N2O3S2. The second-order valence-electron chi connectivity index (χ2n) is 11.6. The summed E-state index contributed by atoms with van der Waals surface area (Å²) in [6, 6.07) is 41.8. The lowest BCUT2D eigenvalue weighted by atomic mass is 9.91. The molecule has 1 saturated heterocycles. The molecule has 0 atom stereocenters. The zero-order chi connectivity index (χ0) is 33.2. The van der Waals surface area contributed by atoms with Crippen molar-refractivity contribution in [3.63, 3.8) is 0 Å². The number of thioether (sulfide) groups is 1. The second kappa shape index (κ2) is 13.3. The largest absolute Gasteiger partial charge is 0.480 e. The van der Waals surface area contributed by atoms with E-state index in [-0.39, 0.29) is 10.2 Å². The average Bonchev–Trinajstić information content (AvgIpc) is 3.25. The molecule has 0 unspecified atom stereocenters. The summed E-state index contributed by atoms with van der Waals surface area (Å²) in [7, 11) is 0. The molecule has 0 aromatic heterocycles. The van der Waals surface area contributed by atoms with Crippen LogP contribution < -0.4 is 4.90 Å². The molecule has 7 heteroatoms. The number of carbonyl (C=O) groups excluding carboxylic acids is 1. The standard InChI is InChI=1S/C41H30N2O3S2/c1-27-11-22-36-31(23-27)17-16-30-7-5-6-10-35(30)37(36)24-28-12-18-33(19-13-28)43(32-8-3-2-4-9-32)34-20-14-29(15-21-34)25-38-40(46)42(26-39(44)45)41(47)48-38/h2-25H,26H2,1H3,(H,44,45). The Morgan fingerprint density at radius 1 is 0.750 bits per heavy atom. The highest BCUT2D eigenvalue weighted by atomic mass is 32.2. The first kappa shape index (κ1) is 31.1. The van der Waals surface area contributed by atoms with Crippen molar-refractivity contribution >= 4 is 87.1 Å². The summed E-state index contributed by atoms with van der Waals surface area (Å²) < 4.78 is 0.249. The van der Waals surface area contributed by atoms with Crippen molar-refractivity contribution < 1.29 is 14.7 Å². The quantitative estimate of drug-likeness (QED) is 0.136. The number of fused-ring (bicyclic) bond motifs is 2. The Hall–Kier alpha value is -5.50. The van der Waals surface area contributed by atoms with Gasteiger partial charge in [-0.25, -0.2) is 0 Å². The zero-order valence-electron chi connectivity index (χ0n) is 26.0. The minimum absolute atomic E-state index is 0.249. The number of anilines is 3.